The second kappa shape index (κ2) is 6.80. The van der Waals surface area contributed by atoms with Crippen LogP contribution in [0, 0.1) is 0 Å². The summed E-state index contributed by atoms with van der Waals surface area (Å²) in [6.45, 7) is 1.70. The molecule has 1 amide bonds. The number of amides is 1. The van der Waals surface area contributed by atoms with Crippen molar-refractivity contribution < 1.29 is 23.7 Å². The quantitative estimate of drug-likeness (QED) is 0.762. The zero-order chi connectivity index (χ0) is 21.0. The van der Waals surface area contributed by atoms with Crippen LogP contribution in [0.5, 0.6) is 17.2 Å². The molecule has 0 bridgehead atoms. The number of carbonyl (C=O) groups is 1. The molecule has 3 aliphatic heterocycles. The Bertz CT molecular complexity index is 1140. The van der Waals surface area contributed by atoms with Gasteiger partial charge >= 0.3 is 0 Å². The molecule has 1 unspecified atom stereocenters. The average Bonchev–Trinajstić information content (AvgIpc) is 3.29. The van der Waals surface area contributed by atoms with E-state index < -0.39 is 5.41 Å². The molecule has 31 heavy (non-hydrogen) atoms. The van der Waals surface area contributed by atoms with Gasteiger partial charge in [0, 0.05) is 29.9 Å². The molecule has 158 valence electrons. The van der Waals surface area contributed by atoms with Crippen LogP contribution in [0.4, 0.5) is 0 Å². The van der Waals surface area contributed by atoms with Gasteiger partial charge in [0.05, 0.1) is 0 Å². The van der Waals surface area contributed by atoms with Crippen molar-refractivity contribution in [1.82, 2.24) is 4.90 Å². The topological polar surface area (TPSA) is 57.2 Å². The van der Waals surface area contributed by atoms with Gasteiger partial charge in [-0.1, -0.05) is 30.3 Å². The molecule has 6 nitrogen and oxygen atoms in total. The molecule has 0 saturated heterocycles. The molecule has 2 aromatic rings. The van der Waals surface area contributed by atoms with Gasteiger partial charge in [-0.3, -0.25) is 4.79 Å². The number of hydrogen-bond donors (Lipinski definition) is 0. The van der Waals surface area contributed by atoms with Crippen LogP contribution < -0.4 is 14.2 Å². The van der Waals surface area contributed by atoms with Crippen LogP contribution in [0.25, 0.3) is 0 Å². The monoisotopic (exact) mass is 417 g/mol. The van der Waals surface area contributed by atoms with Crippen molar-refractivity contribution in [2.75, 3.05) is 26.9 Å². The molecule has 1 aliphatic carbocycles. The number of benzene rings is 2. The molecule has 1 atom stereocenters. The molecule has 1 spiro atoms. The lowest BCUT2D eigenvalue weighted by Gasteiger charge is -2.28. The Labute approximate surface area is 180 Å². The fraction of sp³-hybridized carbons (Fsp3) is 0.320. The minimum atomic E-state index is -0.918. The van der Waals surface area contributed by atoms with Crippen molar-refractivity contribution in [1.29, 1.82) is 0 Å². The van der Waals surface area contributed by atoms with Crippen LogP contribution in [0.3, 0.4) is 0 Å². The SMILES string of the molecule is CN1C(=O)C2(COc3cc4c(cc32)OCCO4)C2=C1CCC=C2OCc1ccccc1. The van der Waals surface area contributed by atoms with Crippen molar-refractivity contribution in [3.63, 3.8) is 0 Å². The average molecular weight is 417 g/mol. The first-order chi connectivity index (χ1) is 15.2. The first kappa shape index (κ1) is 18.4. The summed E-state index contributed by atoms with van der Waals surface area (Å²) in [6.07, 6.45) is 3.74. The van der Waals surface area contributed by atoms with E-state index >= 15 is 0 Å². The Morgan fingerprint density at radius 3 is 2.61 bits per heavy atom. The summed E-state index contributed by atoms with van der Waals surface area (Å²) in [5, 5.41) is 0. The molecule has 0 fully saturated rings. The third-order valence-electron chi connectivity index (χ3n) is 6.53. The Hall–Kier alpha value is -3.41. The van der Waals surface area contributed by atoms with E-state index in [1.54, 1.807) is 4.90 Å². The van der Waals surface area contributed by atoms with E-state index in [1.807, 2.05) is 49.5 Å². The summed E-state index contributed by atoms with van der Waals surface area (Å²) in [5.41, 5.74) is 2.94. The van der Waals surface area contributed by atoms with E-state index in [9.17, 15) is 4.79 Å². The van der Waals surface area contributed by atoms with Crippen molar-refractivity contribution in [3.8, 4) is 17.2 Å². The minimum absolute atomic E-state index is 0.0176. The van der Waals surface area contributed by atoms with Gasteiger partial charge in [0.1, 0.15) is 43.4 Å². The Morgan fingerprint density at radius 2 is 1.81 bits per heavy atom. The van der Waals surface area contributed by atoms with Crippen LogP contribution >= 0.6 is 0 Å². The Kier molecular flexibility index (Phi) is 4.03. The lowest BCUT2D eigenvalue weighted by Crippen LogP contribution is -2.41. The highest BCUT2D eigenvalue weighted by Gasteiger charge is 2.59. The number of allylic oxidation sites excluding steroid dienone is 3. The van der Waals surface area contributed by atoms with Crippen molar-refractivity contribution in [2.45, 2.75) is 24.9 Å². The summed E-state index contributed by atoms with van der Waals surface area (Å²) in [5.74, 6) is 2.78. The first-order valence-corrected chi connectivity index (χ1v) is 10.6. The van der Waals surface area contributed by atoms with Gasteiger partial charge in [0.15, 0.2) is 11.5 Å². The largest absolute Gasteiger partial charge is 0.491 e. The highest BCUT2D eigenvalue weighted by atomic mass is 16.6. The van der Waals surface area contributed by atoms with Gasteiger partial charge in [-0.05, 0) is 30.5 Å². The Balaban J connectivity index is 1.43. The van der Waals surface area contributed by atoms with Gasteiger partial charge in [0.2, 0.25) is 5.91 Å². The van der Waals surface area contributed by atoms with Crippen molar-refractivity contribution in [2.24, 2.45) is 0 Å². The molecule has 4 aliphatic rings. The number of fused-ring (bicyclic) bond motifs is 4. The third-order valence-corrected chi connectivity index (χ3v) is 6.53. The second-order valence-corrected chi connectivity index (χ2v) is 8.25. The van der Waals surface area contributed by atoms with E-state index in [1.165, 1.54) is 0 Å². The molecule has 3 heterocycles. The minimum Gasteiger partial charge on any atom is -0.491 e. The number of rotatable bonds is 3. The number of carbonyl (C=O) groups excluding carboxylic acids is 1. The third kappa shape index (κ3) is 2.60. The van der Waals surface area contributed by atoms with E-state index in [4.69, 9.17) is 18.9 Å². The zero-order valence-electron chi connectivity index (χ0n) is 17.3. The standard InChI is InChI=1S/C25H23NO5/c1-26-18-8-5-9-19(30-14-16-6-3-2-4-7-16)23(18)25(24(26)27)15-31-20-13-22-21(12-17(20)25)28-10-11-29-22/h2-4,6-7,9,12-13H,5,8,10-11,14-15H2,1H3. The van der Waals surface area contributed by atoms with Gasteiger partial charge in [-0.15, -0.1) is 0 Å². The molecule has 2 aromatic carbocycles. The summed E-state index contributed by atoms with van der Waals surface area (Å²) >= 11 is 0. The zero-order valence-corrected chi connectivity index (χ0v) is 17.3. The second-order valence-electron chi connectivity index (χ2n) is 8.25. The maximum atomic E-state index is 13.7. The van der Waals surface area contributed by atoms with E-state index in [0.717, 1.165) is 41.0 Å². The molecule has 0 saturated carbocycles. The fourth-order valence-electron chi connectivity index (χ4n) is 5.05. The molecular formula is C25H23NO5. The highest BCUT2D eigenvalue weighted by molar-refractivity contribution is 6.00. The summed E-state index contributed by atoms with van der Waals surface area (Å²) < 4.78 is 23.9. The first-order valence-electron chi connectivity index (χ1n) is 10.6. The number of ether oxygens (including phenoxy) is 4. The molecule has 6 heteroatoms. The normalized spacial score (nSPS) is 23.5. The lowest BCUT2D eigenvalue weighted by molar-refractivity contribution is -0.131. The van der Waals surface area contributed by atoms with Crippen LogP contribution in [0.1, 0.15) is 24.0 Å². The van der Waals surface area contributed by atoms with Gasteiger partial charge in [-0.25, -0.2) is 0 Å². The van der Waals surface area contributed by atoms with Crippen LogP contribution in [-0.4, -0.2) is 37.7 Å². The molecule has 0 aromatic heterocycles. The van der Waals surface area contributed by atoms with Crippen LogP contribution in [0.15, 0.2) is 65.6 Å². The Morgan fingerprint density at radius 1 is 1.03 bits per heavy atom. The highest BCUT2D eigenvalue weighted by Crippen LogP contribution is 2.56. The van der Waals surface area contributed by atoms with Gasteiger partial charge < -0.3 is 23.8 Å². The molecule has 0 N–H and O–H groups in total. The molecule has 6 rings (SSSR count). The number of nitrogens with zero attached hydrogens (tertiary/aromatic N) is 1. The van der Waals surface area contributed by atoms with E-state index in [2.05, 4.69) is 6.08 Å². The summed E-state index contributed by atoms with van der Waals surface area (Å²) in [4.78, 5) is 15.5. The molecular weight excluding hydrogens is 394 g/mol. The van der Waals surface area contributed by atoms with Gasteiger partial charge in [-0.2, -0.15) is 0 Å². The van der Waals surface area contributed by atoms with E-state index in [-0.39, 0.29) is 12.5 Å². The summed E-state index contributed by atoms with van der Waals surface area (Å²) in [7, 11) is 1.85. The predicted molar refractivity (Wildman–Crippen MR) is 113 cm³/mol. The van der Waals surface area contributed by atoms with Crippen molar-refractivity contribution >= 4 is 5.91 Å². The fourth-order valence-corrected chi connectivity index (χ4v) is 5.05. The molecule has 0 radical (unpaired) electrons. The van der Waals surface area contributed by atoms with Crippen molar-refractivity contribution in [3.05, 3.63) is 76.7 Å². The van der Waals surface area contributed by atoms with E-state index in [0.29, 0.717) is 37.1 Å². The lowest BCUT2D eigenvalue weighted by atomic mass is 9.74. The number of hydrogen-bond acceptors (Lipinski definition) is 5. The van der Waals surface area contributed by atoms with Gasteiger partial charge in [0.25, 0.3) is 0 Å². The number of likely N-dealkylation sites (N-methyl/N-ethyl adjacent to an activating group) is 1. The van der Waals surface area contributed by atoms with Crippen LogP contribution in [-0.2, 0) is 21.6 Å². The van der Waals surface area contributed by atoms with Crippen LogP contribution in [0.2, 0.25) is 0 Å². The maximum Gasteiger partial charge on any atom is 0.245 e. The summed E-state index contributed by atoms with van der Waals surface area (Å²) in [6, 6.07) is 13.8. The maximum absolute atomic E-state index is 13.7. The smallest absolute Gasteiger partial charge is 0.245 e. The predicted octanol–water partition coefficient (Wildman–Crippen LogP) is 3.71.